The number of sulfonamides is 1. The van der Waals surface area contributed by atoms with E-state index in [1.807, 2.05) is 0 Å². The van der Waals surface area contributed by atoms with E-state index in [1.165, 1.54) is 16.9 Å². The van der Waals surface area contributed by atoms with Crippen molar-refractivity contribution in [1.82, 2.24) is 33.4 Å². The molecular weight excluding hydrogens is 408 g/mol. The van der Waals surface area contributed by atoms with Gasteiger partial charge in [0.25, 0.3) is 5.56 Å². The lowest BCUT2D eigenvalue weighted by atomic mass is 10.1. The summed E-state index contributed by atoms with van der Waals surface area (Å²) in [5.74, 6) is 0.443. The van der Waals surface area contributed by atoms with Crippen LogP contribution in [0.4, 0.5) is 5.95 Å². The average molecular weight is 433 g/mol. The van der Waals surface area contributed by atoms with Crippen LogP contribution in [0.15, 0.2) is 17.3 Å². The molecule has 2 fully saturated rings. The van der Waals surface area contributed by atoms with Crippen LogP contribution in [-0.2, 0) is 10.0 Å². The van der Waals surface area contributed by atoms with Crippen molar-refractivity contribution >= 4 is 32.8 Å². The Balaban J connectivity index is 1.50. The second kappa shape index (κ2) is 7.27. The number of piperidine rings is 1. The average Bonchev–Trinajstić information content (AvgIpc) is 3.40. The standard InChI is InChI=1S/C18H24N8O3S/c1-30(28,29)24-8-6-12(7-9-24)21-18-19-10-14-15(22-18)26(13-4-2-3-5-13)17(27)16-23-20-11-25(14)16/h10-13H,2-9H2,1H3,(H,19,21,22). The van der Waals surface area contributed by atoms with Crippen molar-refractivity contribution in [3.63, 3.8) is 0 Å². The van der Waals surface area contributed by atoms with Gasteiger partial charge in [0.15, 0.2) is 5.65 Å². The first-order chi connectivity index (χ1) is 14.4. The minimum atomic E-state index is -3.16. The van der Waals surface area contributed by atoms with Crippen LogP contribution in [0.5, 0.6) is 0 Å². The molecule has 160 valence electrons. The van der Waals surface area contributed by atoms with Crippen LogP contribution >= 0.6 is 0 Å². The zero-order valence-electron chi connectivity index (χ0n) is 16.7. The van der Waals surface area contributed by atoms with Gasteiger partial charge in [-0.15, -0.1) is 10.2 Å². The second-order valence-corrected chi connectivity index (χ2v) is 10.1. The van der Waals surface area contributed by atoms with Crippen LogP contribution in [0.1, 0.15) is 44.6 Å². The SMILES string of the molecule is CS(=O)(=O)N1CCC(Nc2ncc3c(n2)n(C2CCCC2)c(=O)c2nncn23)CC1. The number of hydrogen-bond donors (Lipinski definition) is 1. The predicted molar refractivity (Wildman–Crippen MR) is 111 cm³/mol. The smallest absolute Gasteiger partial charge is 0.298 e. The van der Waals surface area contributed by atoms with Gasteiger partial charge in [0.05, 0.1) is 12.5 Å². The van der Waals surface area contributed by atoms with E-state index in [0.29, 0.717) is 43.0 Å². The van der Waals surface area contributed by atoms with E-state index in [-0.39, 0.29) is 23.3 Å². The lowest BCUT2D eigenvalue weighted by molar-refractivity contribution is 0.331. The molecular formula is C18H24N8O3S. The zero-order valence-corrected chi connectivity index (χ0v) is 17.5. The Morgan fingerprint density at radius 2 is 1.83 bits per heavy atom. The molecule has 0 amide bonds. The molecule has 3 aromatic rings. The molecule has 4 heterocycles. The molecule has 11 nitrogen and oxygen atoms in total. The third-order valence-electron chi connectivity index (χ3n) is 6.14. The molecule has 30 heavy (non-hydrogen) atoms. The molecule has 0 aromatic carbocycles. The van der Waals surface area contributed by atoms with Crippen LogP contribution in [0.3, 0.4) is 0 Å². The van der Waals surface area contributed by atoms with E-state index in [0.717, 1.165) is 25.7 Å². The van der Waals surface area contributed by atoms with Crippen molar-refractivity contribution in [3.05, 3.63) is 22.9 Å². The molecule has 2 aliphatic rings. The van der Waals surface area contributed by atoms with Crippen LogP contribution in [0.2, 0.25) is 0 Å². The third kappa shape index (κ3) is 3.33. The summed E-state index contributed by atoms with van der Waals surface area (Å²) in [7, 11) is -3.16. The van der Waals surface area contributed by atoms with E-state index in [2.05, 4.69) is 20.5 Å². The molecule has 0 atom stereocenters. The molecule has 1 aliphatic heterocycles. The number of fused-ring (bicyclic) bond motifs is 3. The summed E-state index contributed by atoms with van der Waals surface area (Å²) in [6.07, 6.45) is 9.85. The van der Waals surface area contributed by atoms with Gasteiger partial charge >= 0.3 is 0 Å². The van der Waals surface area contributed by atoms with Gasteiger partial charge in [-0.25, -0.2) is 17.7 Å². The number of rotatable bonds is 4. The summed E-state index contributed by atoms with van der Waals surface area (Å²) < 4.78 is 28.3. The van der Waals surface area contributed by atoms with Crippen molar-refractivity contribution in [2.75, 3.05) is 24.7 Å². The largest absolute Gasteiger partial charge is 0.351 e. The lowest BCUT2D eigenvalue weighted by Crippen LogP contribution is -2.42. The molecule has 5 rings (SSSR count). The Bertz CT molecular complexity index is 1250. The summed E-state index contributed by atoms with van der Waals surface area (Å²) >= 11 is 0. The highest BCUT2D eigenvalue weighted by atomic mass is 32.2. The normalized spacial score (nSPS) is 19.8. The Hall–Kier alpha value is -2.60. The van der Waals surface area contributed by atoms with Crippen LogP contribution in [0, 0.1) is 0 Å². The molecule has 3 aromatic heterocycles. The van der Waals surface area contributed by atoms with E-state index in [4.69, 9.17) is 4.98 Å². The fourth-order valence-corrected chi connectivity index (χ4v) is 5.43. The zero-order chi connectivity index (χ0) is 20.9. The van der Waals surface area contributed by atoms with E-state index >= 15 is 0 Å². The summed E-state index contributed by atoms with van der Waals surface area (Å²) in [6, 6.07) is 0.174. The van der Waals surface area contributed by atoms with E-state index < -0.39 is 10.0 Å². The van der Waals surface area contributed by atoms with Gasteiger partial charge in [-0.05, 0) is 25.7 Å². The summed E-state index contributed by atoms with van der Waals surface area (Å²) in [5.41, 5.74) is 1.37. The quantitative estimate of drug-likeness (QED) is 0.641. The molecule has 0 spiro atoms. The number of anilines is 1. The number of hydrogen-bond acceptors (Lipinski definition) is 8. The Kier molecular flexibility index (Phi) is 4.69. The summed E-state index contributed by atoms with van der Waals surface area (Å²) in [4.78, 5) is 22.3. The number of nitrogens with zero attached hydrogens (tertiary/aromatic N) is 7. The first kappa shape index (κ1) is 19.4. The van der Waals surface area contributed by atoms with Crippen LogP contribution in [-0.4, -0.2) is 67.2 Å². The van der Waals surface area contributed by atoms with Gasteiger partial charge in [0, 0.05) is 25.2 Å². The molecule has 1 saturated heterocycles. The first-order valence-corrected chi connectivity index (χ1v) is 12.1. The van der Waals surface area contributed by atoms with Gasteiger partial charge < -0.3 is 5.32 Å². The van der Waals surface area contributed by atoms with Gasteiger partial charge in [0.1, 0.15) is 11.8 Å². The van der Waals surface area contributed by atoms with Crippen LogP contribution in [0.25, 0.3) is 16.8 Å². The molecule has 0 bridgehead atoms. The minimum Gasteiger partial charge on any atom is -0.351 e. The fraction of sp³-hybridized carbons (Fsp3) is 0.611. The topological polar surface area (TPSA) is 127 Å². The van der Waals surface area contributed by atoms with Crippen molar-refractivity contribution < 1.29 is 8.42 Å². The molecule has 0 unspecified atom stereocenters. The van der Waals surface area contributed by atoms with Crippen LogP contribution < -0.4 is 10.9 Å². The fourth-order valence-electron chi connectivity index (χ4n) is 4.56. The highest BCUT2D eigenvalue weighted by Gasteiger charge is 2.27. The summed E-state index contributed by atoms with van der Waals surface area (Å²) in [5, 5.41) is 11.2. The van der Waals surface area contributed by atoms with Gasteiger partial charge in [-0.2, -0.15) is 4.98 Å². The maximum atomic E-state index is 13.1. The van der Waals surface area contributed by atoms with E-state index in [1.54, 1.807) is 15.2 Å². The van der Waals surface area contributed by atoms with Gasteiger partial charge in [-0.3, -0.25) is 13.8 Å². The molecule has 0 radical (unpaired) electrons. The van der Waals surface area contributed by atoms with Crippen molar-refractivity contribution in [3.8, 4) is 0 Å². The summed E-state index contributed by atoms with van der Waals surface area (Å²) in [6.45, 7) is 0.941. The minimum absolute atomic E-state index is 0.0748. The highest BCUT2D eigenvalue weighted by molar-refractivity contribution is 7.88. The maximum Gasteiger partial charge on any atom is 0.298 e. The molecule has 12 heteroatoms. The monoisotopic (exact) mass is 432 g/mol. The number of aromatic nitrogens is 6. The highest BCUT2D eigenvalue weighted by Crippen LogP contribution is 2.30. The van der Waals surface area contributed by atoms with E-state index in [9.17, 15) is 13.2 Å². The molecule has 1 saturated carbocycles. The van der Waals surface area contributed by atoms with Gasteiger partial charge in [0.2, 0.25) is 21.6 Å². The Labute approximate surface area is 173 Å². The lowest BCUT2D eigenvalue weighted by Gasteiger charge is -2.30. The molecule has 1 aliphatic carbocycles. The Morgan fingerprint density at radius 3 is 2.53 bits per heavy atom. The second-order valence-electron chi connectivity index (χ2n) is 8.12. The van der Waals surface area contributed by atoms with Crippen molar-refractivity contribution in [2.45, 2.75) is 50.6 Å². The maximum absolute atomic E-state index is 13.1. The third-order valence-corrected chi connectivity index (χ3v) is 7.44. The van der Waals surface area contributed by atoms with Gasteiger partial charge in [-0.1, -0.05) is 12.8 Å². The number of nitrogens with one attached hydrogen (secondary N) is 1. The first-order valence-electron chi connectivity index (χ1n) is 10.2. The Morgan fingerprint density at radius 1 is 1.10 bits per heavy atom. The predicted octanol–water partition coefficient (Wildman–Crippen LogP) is 0.785. The van der Waals surface area contributed by atoms with Crippen molar-refractivity contribution in [1.29, 1.82) is 0 Å². The van der Waals surface area contributed by atoms with Crippen molar-refractivity contribution in [2.24, 2.45) is 0 Å². The molecule has 1 N–H and O–H groups in total.